The van der Waals surface area contributed by atoms with Gasteiger partial charge in [0.05, 0.1) is 5.56 Å². The molecule has 15 heavy (non-hydrogen) atoms. The molecule has 2 N–H and O–H groups in total. The van der Waals surface area contributed by atoms with Gasteiger partial charge in [-0.05, 0) is 13.0 Å². The Morgan fingerprint density at radius 1 is 1.47 bits per heavy atom. The van der Waals surface area contributed by atoms with Crippen molar-refractivity contribution in [2.24, 2.45) is 0 Å². The highest BCUT2D eigenvalue weighted by molar-refractivity contribution is 6.19. The molecule has 0 aliphatic rings. The number of halogens is 2. The number of hydrogen-bond acceptors (Lipinski definition) is 3. The van der Waals surface area contributed by atoms with E-state index in [2.05, 4.69) is 0 Å². The summed E-state index contributed by atoms with van der Waals surface area (Å²) in [5.74, 6) is -2.33. The first-order chi connectivity index (χ1) is 6.99. The van der Waals surface area contributed by atoms with Crippen molar-refractivity contribution in [3.63, 3.8) is 0 Å². The molecule has 82 valence electrons. The van der Waals surface area contributed by atoms with Gasteiger partial charge in [-0.25, -0.2) is 4.39 Å². The molecule has 0 unspecified atom stereocenters. The molecule has 1 aromatic rings. The molecule has 0 aliphatic heterocycles. The Kier molecular flexibility index (Phi) is 3.52. The third kappa shape index (κ3) is 2.21. The van der Waals surface area contributed by atoms with Crippen molar-refractivity contribution in [3.8, 4) is 11.5 Å². The highest BCUT2D eigenvalue weighted by atomic mass is 35.5. The first-order valence-electron chi connectivity index (χ1n) is 4.29. The third-order valence-corrected chi connectivity index (χ3v) is 2.27. The van der Waals surface area contributed by atoms with Crippen LogP contribution in [0.25, 0.3) is 0 Å². The summed E-state index contributed by atoms with van der Waals surface area (Å²) in [6, 6.07) is 0.812. The molecule has 0 fully saturated rings. The average molecular weight is 233 g/mol. The number of hydrogen-bond donors (Lipinski definition) is 2. The summed E-state index contributed by atoms with van der Waals surface area (Å²) < 4.78 is 13.1. The fraction of sp³-hybridized carbons (Fsp3) is 0.300. The van der Waals surface area contributed by atoms with Crippen molar-refractivity contribution in [1.82, 2.24) is 0 Å². The van der Waals surface area contributed by atoms with Crippen LogP contribution in [0.15, 0.2) is 6.07 Å². The van der Waals surface area contributed by atoms with Gasteiger partial charge >= 0.3 is 0 Å². The number of Topliss-reactive ketones (excluding diaryl/α,β-unsaturated/α-hetero) is 1. The molecule has 0 amide bonds. The second-order valence-corrected chi connectivity index (χ2v) is 3.47. The van der Waals surface area contributed by atoms with Gasteiger partial charge in [0, 0.05) is 17.9 Å². The van der Waals surface area contributed by atoms with Crippen LogP contribution in [0.1, 0.15) is 22.3 Å². The minimum Gasteiger partial charge on any atom is -0.507 e. The summed E-state index contributed by atoms with van der Waals surface area (Å²) in [5, 5.41) is 18.7. The number of benzene rings is 1. The third-order valence-electron chi connectivity index (χ3n) is 2.08. The molecule has 0 spiro atoms. The molecule has 0 saturated heterocycles. The molecule has 0 atom stereocenters. The lowest BCUT2D eigenvalue weighted by molar-refractivity contribution is 0.0986. The molecular weight excluding hydrogens is 223 g/mol. The van der Waals surface area contributed by atoms with E-state index in [9.17, 15) is 14.3 Å². The Morgan fingerprint density at radius 2 is 2.07 bits per heavy atom. The van der Waals surface area contributed by atoms with Gasteiger partial charge in [-0.3, -0.25) is 4.79 Å². The second kappa shape index (κ2) is 4.49. The van der Waals surface area contributed by atoms with Crippen molar-refractivity contribution in [1.29, 1.82) is 0 Å². The van der Waals surface area contributed by atoms with Crippen LogP contribution >= 0.6 is 11.6 Å². The first-order valence-corrected chi connectivity index (χ1v) is 4.82. The molecule has 0 radical (unpaired) electrons. The average Bonchev–Trinajstić information content (AvgIpc) is 2.20. The number of carbonyl (C=O) groups is 1. The van der Waals surface area contributed by atoms with E-state index in [-0.39, 0.29) is 23.4 Å². The predicted molar refractivity (Wildman–Crippen MR) is 54.1 cm³/mol. The fourth-order valence-corrected chi connectivity index (χ4v) is 1.36. The molecular formula is C10H10ClFO3. The maximum absolute atomic E-state index is 13.1. The zero-order valence-corrected chi connectivity index (χ0v) is 8.81. The predicted octanol–water partition coefficient (Wildman–Crippen LogP) is 2.36. The van der Waals surface area contributed by atoms with Crippen LogP contribution in [0, 0.1) is 12.7 Å². The van der Waals surface area contributed by atoms with Crippen LogP contribution < -0.4 is 0 Å². The normalized spacial score (nSPS) is 10.3. The van der Waals surface area contributed by atoms with Gasteiger partial charge in [0.1, 0.15) is 5.75 Å². The molecule has 3 nitrogen and oxygen atoms in total. The Hall–Kier alpha value is -1.29. The van der Waals surface area contributed by atoms with E-state index in [0.717, 1.165) is 6.07 Å². The largest absolute Gasteiger partial charge is 0.507 e. The van der Waals surface area contributed by atoms with Gasteiger partial charge in [-0.2, -0.15) is 0 Å². The van der Waals surface area contributed by atoms with Crippen LogP contribution in [0.2, 0.25) is 0 Å². The topological polar surface area (TPSA) is 57.5 Å². The Morgan fingerprint density at radius 3 is 2.60 bits per heavy atom. The molecule has 1 rings (SSSR count). The standard InChI is InChI=1S/C10H10ClFO3/c1-5-9(14)6(8(13)2-3-11)4-7(12)10(5)15/h4,14-15H,2-3H2,1H3. The van der Waals surface area contributed by atoms with Crippen molar-refractivity contribution in [3.05, 3.63) is 23.0 Å². The van der Waals surface area contributed by atoms with Crippen LogP contribution in [0.5, 0.6) is 11.5 Å². The molecule has 0 aliphatic carbocycles. The zero-order valence-electron chi connectivity index (χ0n) is 8.05. The highest BCUT2D eigenvalue weighted by Gasteiger charge is 2.18. The number of ketones is 1. The highest BCUT2D eigenvalue weighted by Crippen LogP contribution is 2.32. The van der Waals surface area contributed by atoms with Crippen LogP contribution in [0.4, 0.5) is 4.39 Å². The first kappa shape index (κ1) is 11.8. The molecule has 0 bridgehead atoms. The summed E-state index contributed by atoms with van der Waals surface area (Å²) >= 11 is 5.36. The lowest BCUT2D eigenvalue weighted by atomic mass is 10.0. The summed E-state index contributed by atoms with van der Waals surface area (Å²) in [7, 11) is 0. The van der Waals surface area contributed by atoms with E-state index in [1.807, 2.05) is 0 Å². The lowest BCUT2D eigenvalue weighted by Gasteiger charge is -2.08. The number of phenols is 2. The van der Waals surface area contributed by atoms with Gasteiger partial charge in [-0.15, -0.1) is 11.6 Å². The van der Waals surface area contributed by atoms with Crippen LogP contribution in [0.3, 0.4) is 0 Å². The van der Waals surface area contributed by atoms with Gasteiger partial charge in [-0.1, -0.05) is 0 Å². The number of alkyl halides is 1. The van der Waals surface area contributed by atoms with Crippen LogP contribution in [-0.4, -0.2) is 21.9 Å². The number of carbonyl (C=O) groups excluding carboxylic acids is 1. The molecule has 0 saturated carbocycles. The SMILES string of the molecule is Cc1c(O)c(F)cc(C(=O)CCCl)c1O. The lowest BCUT2D eigenvalue weighted by Crippen LogP contribution is -2.02. The maximum Gasteiger partial charge on any atom is 0.167 e. The van der Waals surface area contributed by atoms with E-state index in [4.69, 9.17) is 16.7 Å². The minimum atomic E-state index is -0.928. The van der Waals surface area contributed by atoms with E-state index in [1.54, 1.807) is 0 Å². The smallest absolute Gasteiger partial charge is 0.167 e. The number of phenolic OH excluding ortho intramolecular Hbond substituents is 2. The van der Waals surface area contributed by atoms with E-state index in [0.29, 0.717) is 0 Å². The Labute approximate surface area is 91.1 Å². The van der Waals surface area contributed by atoms with Crippen molar-refractivity contribution >= 4 is 17.4 Å². The Balaban J connectivity index is 3.26. The van der Waals surface area contributed by atoms with E-state index >= 15 is 0 Å². The van der Waals surface area contributed by atoms with Gasteiger partial charge in [0.15, 0.2) is 17.3 Å². The molecule has 0 aromatic heterocycles. The van der Waals surface area contributed by atoms with Crippen LogP contribution in [-0.2, 0) is 0 Å². The van der Waals surface area contributed by atoms with Gasteiger partial charge < -0.3 is 10.2 Å². The minimum absolute atomic E-state index is 0.0127. The zero-order chi connectivity index (χ0) is 11.6. The second-order valence-electron chi connectivity index (χ2n) is 3.09. The summed E-state index contributed by atoms with van der Waals surface area (Å²) in [6.45, 7) is 1.32. The maximum atomic E-state index is 13.1. The Bertz CT molecular complexity index is 404. The van der Waals surface area contributed by atoms with E-state index in [1.165, 1.54) is 6.92 Å². The summed E-state index contributed by atoms with van der Waals surface area (Å²) in [6.07, 6.45) is 0.0127. The van der Waals surface area contributed by atoms with Gasteiger partial charge in [0.25, 0.3) is 0 Å². The quantitative estimate of drug-likeness (QED) is 0.621. The monoisotopic (exact) mass is 232 g/mol. The van der Waals surface area contributed by atoms with Gasteiger partial charge in [0.2, 0.25) is 0 Å². The number of rotatable bonds is 3. The molecule has 0 heterocycles. The summed E-state index contributed by atoms with van der Waals surface area (Å²) in [5.41, 5.74) is -0.198. The molecule has 1 aromatic carbocycles. The molecule has 5 heteroatoms. The summed E-state index contributed by atoms with van der Waals surface area (Å²) in [4.78, 5) is 11.4. The van der Waals surface area contributed by atoms with E-state index < -0.39 is 23.1 Å². The van der Waals surface area contributed by atoms with Crippen molar-refractivity contribution in [2.45, 2.75) is 13.3 Å². The van der Waals surface area contributed by atoms with Crippen molar-refractivity contribution in [2.75, 3.05) is 5.88 Å². The van der Waals surface area contributed by atoms with Crippen molar-refractivity contribution < 1.29 is 19.4 Å². The fourth-order valence-electron chi connectivity index (χ4n) is 1.19. The number of aromatic hydroxyl groups is 2.